The third kappa shape index (κ3) is 3.72. The van der Waals surface area contributed by atoms with E-state index in [1.165, 1.54) is 0 Å². The van der Waals surface area contributed by atoms with E-state index in [2.05, 4.69) is 24.3 Å². The van der Waals surface area contributed by atoms with Crippen molar-refractivity contribution in [2.75, 3.05) is 26.2 Å². The molecule has 0 unspecified atom stereocenters. The van der Waals surface area contributed by atoms with Crippen molar-refractivity contribution in [2.24, 2.45) is 5.92 Å². The number of hydrogen-bond donors (Lipinski definition) is 1. The molecule has 110 valence electrons. The van der Waals surface area contributed by atoms with Crippen LogP contribution in [-0.2, 0) is 11.2 Å². The van der Waals surface area contributed by atoms with Gasteiger partial charge in [-0.2, -0.15) is 0 Å². The van der Waals surface area contributed by atoms with Gasteiger partial charge >= 0.3 is 6.09 Å². The molecule has 0 spiro atoms. The van der Waals surface area contributed by atoms with Gasteiger partial charge in [-0.05, 0) is 12.3 Å². The first-order valence-corrected chi connectivity index (χ1v) is 6.71. The Hall–Kier alpha value is -2.05. The number of amides is 2. The largest absolute Gasteiger partial charge is 0.448 e. The fourth-order valence-corrected chi connectivity index (χ4v) is 1.95. The van der Waals surface area contributed by atoms with Crippen LogP contribution in [0, 0.1) is 5.92 Å². The lowest BCUT2D eigenvalue weighted by Crippen LogP contribution is -2.35. The van der Waals surface area contributed by atoms with Crippen LogP contribution in [0.5, 0.6) is 0 Å². The third-order valence-electron chi connectivity index (χ3n) is 2.91. The Morgan fingerprint density at radius 1 is 1.55 bits per heavy atom. The average molecular weight is 281 g/mol. The molecule has 2 rings (SSSR count). The van der Waals surface area contributed by atoms with Crippen LogP contribution in [0.3, 0.4) is 0 Å². The maximum Gasteiger partial charge on any atom is 0.409 e. The van der Waals surface area contributed by atoms with E-state index < -0.39 is 0 Å². The zero-order chi connectivity index (χ0) is 14.5. The van der Waals surface area contributed by atoms with E-state index in [-0.39, 0.29) is 17.8 Å². The minimum Gasteiger partial charge on any atom is -0.448 e. The monoisotopic (exact) mass is 281 g/mol. The summed E-state index contributed by atoms with van der Waals surface area (Å²) >= 11 is 0. The van der Waals surface area contributed by atoms with Gasteiger partial charge in [0.15, 0.2) is 0 Å². The van der Waals surface area contributed by atoms with Crippen molar-refractivity contribution in [3.05, 3.63) is 17.5 Å². The van der Waals surface area contributed by atoms with Gasteiger partial charge in [-0.1, -0.05) is 19.0 Å². The number of cyclic esters (lactones) is 1. The first-order valence-electron chi connectivity index (χ1n) is 6.71. The van der Waals surface area contributed by atoms with Crippen molar-refractivity contribution >= 4 is 12.0 Å². The molecule has 0 atom stereocenters. The lowest BCUT2D eigenvalue weighted by Gasteiger charge is -2.11. The molecule has 7 heteroatoms. The van der Waals surface area contributed by atoms with Crippen molar-refractivity contribution < 1.29 is 18.8 Å². The van der Waals surface area contributed by atoms with E-state index in [9.17, 15) is 9.59 Å². The minimum absolute atomic E-state index is 0.199. The quantitative estimate of drug-likeness (QED) is 0.842. The van der Waals surface area contributed by atoms with Gasteiger partial charge in [0.1, 0.15) is 6.61 Å². The predicted octanol–water partition coefficient (Wildman–Crippen LogP) is 1.06. The highest BCUT2D eigenvalue weighted by Crippen LogP contribution is 2.09. The van der Waals surface area contributed by atoms with Crippen LogP contribution in [0.4, 0.5) is 4.79 Å². The van der Waals surface area contributed by atoms with Gasteiger partial charge in [0.2, 0.25) is 5.76 Å². The SMILES string of the molecule is CC(C)Cc1cc(C(=O)NCCN2CCOC2=O)on1. The zero-order valence-corrected chi connectivity index (χ0v) is 11.7. The molecule has 0 radical (unpaired) electrons. The highest BCUT2D eigenvalue weighted by atomic mass is 16.6. The molecule has 0 saturated carbocycles. The molecule has 1 fully saturated rings. The fourth-order valence-electron chi connectivity index (χ4n) is 1.95. The summed E-state index contributed by atoms with van der Waals surface area (Å²) in [7, 11) is 0. The number of nitrogens with one attached hydrogen (secondary N) is 1. The maximum absolute atomic E-state index is 11.8. The topological polar surface area (TPSA) is 84.7 Å². The van der Waals surface area contributed by atoms with Crippen LogP contribution in [0.15, 0.2) is 10.6 Å². The molecule has 1 N–H and O–H groups in total. The van der Waals surface area contributed by atoms with Crippen molar-refractivity contribution in [1.82, 2.24) is 15.4 Å². The van der Waals surface area contributed by atoms with Crippen molar-refractivity contribution in [3.8, 4) is 0 Å². The highest BCUT2D eigenvalue weighted by Gasteiger charge is 2.21. The molecule has 2 heterocycles. The van der Waals surface area contributed by atoms with Crippen LogP contribution < -0.4 is 5.32 Å². The Bertz CT molecular complexity index is 484. The standard InChI is InChI=1S/C13H19N3O4/c1-9(2)7-10-8-11(20-15-10)12(17)14-3-4-16-5-6-19-13(16)18/h8-9H,3-7H2,1-2H3,(H,14,17). The van der Waals surface area contributed by atoms with E-state index in [0.717, 1.165) is 12.1 Å². The van der Waals surface area contributed by atoms with Gasteiger partial charge in [-0.15, -0.1) is 0 Å². The summed E-state index contributed by atoms with van der Waals surface area (Å²) in [6.07, 6.45) is 0.439. The Kier molecular flexibility index (Phi) is 4.60. The second-order valence-electron chi connectivity index (χ2n) is 5.14. The molecule has 1 aliphatic heterocycles. The summed E-state index contributed by atoms with van der Waals surface area (Å²) in [5.74, 6) is 0.335. The lowest BCUT2D eigenvalue weighted by atomic mass is 10.1. The summed E-state index contributed by atoms with van der Waals surface area (Å²) < 4.78 is 9.80. The molecule has 1 aromatic rings. The lowest BCUT2D eigenvalue weighted by molar-refractivity contribution is 0.0912. The minimum atomic E-state index is -0.335. The summed E-state index contributed by atoms with van der Waals surface area (Å²) in [6.45, 7) is 5.90. The number of nitrogens with zero attached hydrogens (tertiary/aromatic N) is 2. The second-order valence-corrected chi connectivity index (χ2v) is 5.14. The number of rotatable bonds is 6. The second kappa shape index (κ2) is 6.40. The Morgan fingerprint density at radius 2 is 2.35 bits per heavy atom. The maximum atomic E-state index is 11.8. The smallest absolute Gasteiger partial charge is 0.409 e. The Balaban J connectivity index is 1.76. The van der Waals surface area contributed by atoms with Gasteiger partial charge in [0.05, 0.1) is 12.2 Å². The van der Waals surface area contributed by atoms with Crippen LogP contribution in [0.1, 0.15) is 30.1 Å². The van der Waals surface area contributed by atoms with Crippen molar-refractivity contribution in [3.63, 3.8) is 0 Å². The van der Waals surface area contributed by atoms with Crippen molar-refractivity contribution in [2.45, 2.75) is 20.3 Å². The first-order chi connectivity index (χ1) is 9.56. The summed E-state index contributed by atoms with van der Waals surface area (Å²) in [4.78, 5) is 24.6. The van der Waals surface area contributed by atoms with Crippen LogP contribution in [0.2, 0.25) is 0 Å². The predicted molar refractivity (Wildman–Crippen MR) is 70.3 cm³/mol. The molecule has 0 aliphatic carbocycles. The molecule has 20 heavy (non-hydrogen) atoms. The van der Waals surface area contributed by atoms with Gasteiger partial charge < -0.3 is 19.5 Å². The third-order valence-corrected chi connectivity index (χ3v) is 2.91. The number of aromatic nitrogens is 1. The molecule has 1 aliphatic rings. The van der Waals surface area contributed by atoms with E-state index in [0.29, 0.717) is 32.2 Å². The average Bonchev–Trinajstić information content (AvgIpc) is 2.98. The number of carbonyl (C=O) groups is 2. The molecular weight excluding hydrogens is 262 g/mol. The Labute approximate surface area is 117 Å². The summed E-state index contributed by atoms with van der Waals surface area (Å²) in [6, 6.07) is 1.65. The molecule has 1 aromatic heterocycles. The number of hydrogen-bond acceptors (Lipinski definition) is 5. The van der Waals surface area contributed by atoms with E-state index in [1.54, 1.807) is 11.0 Å². The fraction of sp³-hybridized carbons (Fsp3) is 0.615. The van der Waals surface area contributed by atoms with E-state index >= 15 is 0 Å². The molecular formula is C13H19N3O4. The van der Waals surface area contributed by atoms with Crippen LogP contribution in [-0.4, -0.2) is 48.3 Å². The van der Waals surface area contributed by atoms with Crippen LogP contribution >= 0.6 is 0 Å². The van der Waals surface area contributed by atoms with Gasteiger partial charge in [-0.3, -0.25) is 4.79 Å². The van der Waals surface area contributed by atoms with Crippen molar-refractivity contribution in [1.29, 1.82) is 0 Å². The molecule has 7 nitrogen and oxygen atoms in total. The molecule has 2 amide bonds. The molecule has 0 aromatic carbocycles. The normalized spacial score (nSPS) is 14.8. The van der Waals surface area contributed by atoms with E-state index in [4.69, 9.17) is 9.26 Å². The van der Waals surface area contributed by atoms with Gasteiger partial charge in [0.25, 0.3) is 5.91 Å². The van der Waals surface area contributed by atoms with E-state index in [1.807, 2.05) is 0 Å². The number of carbonyl (C=O) groups excluding carboxylic acids is 2. The molecule has 0 bridgehead atoms. The number of ether oxygens (including phenoxy) is 1. The van der Waals surface area contributed by atoms with Crippen LogP contribution in [0.25, 0.3) is 0 Å². The van der Waals surface area contributed by atoms with Gasteiger partial charge in [0, 0.05) is 19.2 Å². The zero-order valence-electron chi connectivity index (χ0n) is 11.7. The summed E-state index contributed by atoms with van der Waals surface area (Å²) in [5, 5.41) is 6.55. The Morgan fingerprint density at radius 3 is 3.00 bits per heavy atom. The van der Waals surface area contributed by atoms with Gasteiger partial charge in [-0.25, -0.2) is 4.79 Å². The summed E-state index contributed by atoms with van der Waals surface area (Å²) in [5.41, 5.74) is 0.772. The first kappa shape index (κ1) is 14.4. The highest BCUT2D eigenvalue weighted by molar-refractivity contribution is 5.91. The molecule has 1 saturated heterocycles.